The maximum Gasteiger partial charge on any atom is 0.345 e. The highest BCUT2D eigenvalue weighted by molar-refractivity contribution is 6.40. The van der Waals surface area contributed by atoms with Crippen molar-refractivity contribution in [1.29, 1.82) is 0 Å². The van der Waals surface area contributed by atoms with Crippen molar-refractivity contribution in [2.45, 2.75) is 19.3 Å². The molecule has 9 heteroatoms. The van der Waals surface area contributed by atoms with Crippen molar-refractivity contribution in [2.24, 2.45) is 0 Å². The number of aromatic nitrogens is 1. The molecule has 0 aliphatic heterocycles. The largest absolute Gasteiger partial charge is 0.507 e. The fourth-order valence-corrected chi connectivity index (χ4v) is 4.11. The number of hydrogen-bond acceptors (Lipinski definition) is 7. The van der Waals surface area contributed by atoms with Crippen LogP contribution in [0.4, 0.5) is 0 Å². The van der Waals surface area contributed by atoms with Crippen molar-refractivity contribution in [1.82, 2.24) is 10.3 Å². The Labute approximate surface area is 224 Å². The van der Waals surface area contributed by atoms with Crippen molar-refractivity contribution >= 4 is 34.3 Å². The van der Waals surface area contributed by atoms with E-state index in [4.69, 9.17) is 4.74 Å². The lowest BCUT2D eigenvalue weighted by atomic mass is 10.0. The lowest BCUT2D eigenvalue weighted by Gasteiger charge is -2.11. The Morgan fingerprint density at radius 2 is 1.74 bits per heavy atom. The van der Waals surface area contributed by atoms with Gasteiger partial charge in [-0.1, -0.05) is 36.4 Å². The molecule has 0 aliphatic rings. The number of phenols is 1. The van der Waals surface area contributed by atoms with E-state index < -0.39 is 29.9 Å². The quantitative estimate of drug-likeness (QED) is 0.0832. The number of H-pyrrole nitrogens is 1. The summed E-state index contributed by atoms with van der Waals surface area (Å²) in [7, 11) is 1.19. The molecule has 0 unspecified atom stereocenters. The summed E-state index contributed by atoms with van der Waals surface area (Å²) in [6.07, 6.45) is 0.502. The molecule has 1 heterocycles. The van der Waals surface area contributed by atoms with Crippen molar-refractivity contribution < 1.29 is 33.8 Å². The van der Waals surface area contributed by atoms with Gasteiger partial charge in [0.05, 0.1) is 20.1 Å². The number of aromatic amines is 1. The molecular formula is C30H28N2O7. The van der Waals surface area contributed by atoms with Gasteiger partial charge in [-0.25, -0.2) is 4.79 Å². The number of phenolic OH excluding ortho intramolecular Hbond substituents is 1. The van der Waals surface area contributed by atoms with E-state index in [9.17, 15) is 24.3 Å². The molecule has 0 bridgehead atoms. The van der Waals surface area contributed by atoms with Gasteiger partial charge in [0, 0.05) is 35.1 Å². The Morgan fingerprint density at radius 3 is 2.51 bits per heavy atom. The summed E-state index contributed by atoms with van der Waals surface area (Å²) in [5.74, 6) is -3.00. The number of Topliss-reactive ketones (excluding diaryl/α,β-unsaturated/α-hetero) is 2. The molecule has 3 aromatic carbocycles. The number of carbonyl (C=O) groups excluding carboxylic acids is 4. The lowest BCUT2D eigenvalue weighted by Crippen LogP contribution is -2.33. The summed E-state index contributed by atoms with van der Waals surface area (Å²) in [5, 5.41) is 13.2. The van der Waals surface area contributed by atoms with E-state index in [1.807, 2.05) is 36.4 Å². The Balaban J connectivity index is 1.25. The first-order chi connectivity index (χ1) is 18.9. The number of carbonyl (C=O) groups is 4. The minimum atomic E-state index is -0.858. The number of ether oxygens (including phenoxy) is 2. The average molecular weight is 529 g/mol. The van der Waals surface area contributed by atoms with Crippen molar-refractivity contribution in [3.8, 4) is 11.5 Å². The van der Waals surface area contributed by atoms with E-state index in [-0.39, 0.29) is 30.2 Å². The van der Waals surface area contributed by atoms with Crippen LogP contribution in [-0.2, 0) is 20.7 Å². The number of amides is 1. The van der Waals surface area contributed by atoms with Crippen LogP contribution >= 0.6 is 0 Å². The molecule has 39 heavy (non-hydrogen) atoms. The predicted octanol–water partition coefficient (Wildman–Crippen LogP) is 3.98. The second kappa shape index (κ2) is 12.6. The molecule has 200 valence electrons. The summed E-state index contributed by atoms with van der Waals surface area (Å²) in [4.78, 5) is 52.4. The van der Waals surface area contributed by atoms with Gasteiger partial charge in [0.15, 0.2) is 5.78 Å². The molecule has 4 aromatic rings. The summed E-state index contributed by atoms with van der Waals surface area (Å²) >= 11 is 0. The molecule has 0 radical (unpaired) electrons. The number of fused-ring (bicyclic) bond motifs is 1. The zero-order valence-corrected chi connectivity index (χ0v) is 21.4. The van der Waals surface area contributed by atoms with Crippen LogP contribution < -0.4 is 10.1 Å². The topological polar surface area (TPSA) is 135 Å². The highest BCUT2D eigenvalue weighted by atomic mass is 16.5. The minimum absolute atomic E-state index is 0.0945. The first-order valence-corrected chi connectivity index (χ1v) is 12.4. The molecule has 0 aliphatic carbocycles. The minimum Gasteiger partial charge on any atom is -0.507 e. The SMILES string of the molecule is COC(=O)c1c(O)cccc1OCCCNC(=O)C(=O)CC(=O)c1ccc2[nH]c(Cc3ccccc3)cc2c1. The van der Waals surface area contributed by atoms with Gasteiger partial charge >= 0.3 is 5.97 Å². The Kier molecular flexibility index (Phi) is 8.73. The fourth-order valence-electron chi connectivity index (χ4n) is 4.11. The number of aromatic hydroxyl groups is 1. The predicted molar refractivity (Wildman–Crippen MR) is 144 cm³/mol. The van der Waals surface area contributed by atoms with Gasteiger partial charge in [-0.2, -0.15) is 0 Å². The third-order valence-corrected chi connectivity index (χ3v) is 6.07. The maximum atomic E-state index is 12.7. The first-order valence-electron chi connectivity index (χ1n) is 12.4. The summed E-state index contributed by atoms with van der Waals surface area (Å²) in [5.41, 5.74) is 3.31. The molecule has 1 amide bonds. The molecule has 3 N–H and O–H groups in total. The Bertz CT molecular complexity index is 1510. The molecule has 9 nitrogen and oxygen atoms in total. The molecule has 0 atom stereocenters. The maximum absolute atomic E-state index is 12.7. The number of esters is 1. The van der Waals surface area contributed by atoms with E-state index in [0.717, 1.165) is 28.6 Å². The zero-order valence-electron chi connectivity index (χ0n) is 21.4. The number of benzene rings is 3. The van der Waals surface area contributed by atoms with Crippen LogP contribution in [0.1, 0.15) is 44.8 Å². The van der Waals surface area contributed by atoms with E-state index in [2.05, 4.69) is 15.0 Å². The normalized spacial score (nSPS) is 10.7. The van der Waals surface area contributed by atoms with Crippen LogP contribution in [-0.4, -0.2) is 53.8 Å². The van der Waals surface area contributed by atoms with Gasteiger partial charge < -0.3 is 24.9 Å². The lowest BCUT2D eigenvalue weighted by molar-refractivity contribution is -0.137. The number of nitrogens with one attached hydrogen (secondary N) is 2. The molecular weight excluding hydrogens is 500 g/mol. The number of rotatable bonds is 12. The molecule has 0 saturated carbocycles. The van der Waals surface area contributed by atoms with E-state index in [0.29, 0.717) is 12.0 Å². The van der Waals surface area contributed by atoms with Crippen LogP contribution in [0.3, 0.4) is 0 Å². The van der Waals surface area contributed by atoms with Gasteiger partial charge in [-0.15, -0.1) is 0 Å². The fraction of sp³-hybridized carbons (Fsp3) is 0.200. The van der Waals surface area contributed by atoms with Gasteiger partial charge in [0.25, 0.3) is 5.91 Å². The van der Waals surface area contributed by atoms with Crippen molar-refractivity contribution in [2.75, 3.05) is 20.3 Å². The van der Waals surface area contributed by atoms with Gasteiger partial charge in [0.1, 0.15) is 17.1 Å². The highest BCUT2D eigenvalue weighted by Gasteiger charge is 2.20. The second-order valence-corrected chi connectivity index (χ2v) is 8.88. The van der Waals surface area contributed by atoms with Crippen LogP contribution in [0.5, 0.6) is 11.5 Å². The smallest absolute Gasteiger partial charge is 0.345 e. The van der Waals surface area contributed by atoms with Gasteiger partial charge in [0.2, 0.25) is 5.78 Å². The molecule has 4 rings (SSSR count). The Hall–Kier alpha value is -4.92. The van der Waals surface area contributed by atoms with Crippen molar-refractivity contribution in [3.05, 3.63) is 95.2 Å². The van der Waals surface area contributed by atoms with Crippen LogP contribution in [0.2, 0.25) is 0 Å². The van der Waals surface area contributed by atoms with Crippen LogP contribution in [0.15, 0.2) is 72.8 Å². The highest BCUT2D eigenvalue weighted by Crippen LogP contribution is 2.28. The van der Waals surface area contributed by atoms with E-state index in [1.54, 1.807) is 18.2 Å². The third kappa shape index (κ3) is 6.89. The van der Waals surface area contributed by atoms with Crippen LogP contribution in [0, 0.1) is 0 Å². The summed E-state index contributed by atoms with van der Waals surface area (Å²) in [6, 6.07) is 21.5. The standard InChI is InChI=1S/C30H28N2O7/c1-38-30(37)28-24(33)9-5-10-27(28)39-14-6-13-31-29(36)26(35)18-25(34)20-11-12-23-21(16-20)17-22(32-23)15-19-7-3-2-4-8-19/h2-5,7-12,16-17,32-33H,6,13-15,18H2,1H3,(H,31,36). The van der Waals surface area contributed by atoms with E-state index >= 15 is 0 Å². The number of methoxy groups -OCH3 is 1. The van der Waals surface area contributed by atoms with E-state index in [1.165, 1.54) is 25.3 Å². The van der Waals surface area contributed by atoms with Crippen LogP contribution in [0.25, 0.3) is 10.9 Å². The number of hydrogen-bond donors (Lipinski definition) is 3. The monoisotopic (exact) mass is 528 g/mol. The number of ketones is 2. The summed E-state index contributed by atoms with van der Waals surface area (Å²) in [6.45, 7) is 0.217. The van der Waals surface area contributed by atoms with Gasteiger partial charge in [-0.05, 0) is 48.4 Å². The molecule has 0 saturated heterocycles. The first kappa shape index (κ1) is 27.1. The summed E-state index contributed by atoms with van der Waals surface area (Å²) < 4.78 is 10.2. The third-order valence-electron chi connectivity index (χ3n) is 6.07. The molecule has 0 fully saturated rings. The molecule has 0 spiro atoms. The van der Waals surface area contributed by atoms with Crippen molar-refractivity contribution in [3.63, 3.8) is 0 Å². The zero-order chi connectivity index (χ0) is 27.8. The molecule has 1 aromatic heterocycles. The second-order valence-electron chi connectivity index (χ2n) is 8.88. The Morgan fingerprint density at radius 1 is 0.949 bits per heavy atom. The van der Waals surface area contributed by atoms with Gasteiger partial charge in [-0.3, -0.25) is 14.4 Å². The average Bonchev–Trinajstić information content (AvgIpc) is 3.34.